The number of aryl methyl sites for hydroxylation is 1. The first-order valence-corrected chi connectivity index (χ1v) is 7.43. The second-order valence-electron chi connectivity index (χ2n) is 5.38. The summed E-state index contributed by atoms with van der Waals surface area (Å²) in [6.07, 6.45) is 3.49. The van der Waals surface area contributed by atoms with Crippen LogP contribution < -0.4 is 10.6 Å². The number of nitrogens with two attached hydrogens (primary N) is 1. The molecule has 0 spiro atoms. The fourth-order valence-corrected chi connectivity index (χ4v) is 2.63. The van der Waals surface area contributed by atoms with E-state index in [4.69, 9.17) is 10.5 Å². The van der Waals surface area contributed by atoms with Crippen molar-refractivity contribution in [2.75, 3.05) is 31.2 Å². The van der Waals surface area contributed by atoms with Gasteiger partial charge in [0.25, 0.3) is 0 Å². The van der Waals surface area contributed by atoms with E-state index in [2.05, 4.69) is 30.0 Å². The van der Waals surface area contributed by atoms with E-state index < -0.39 is 0 Å². The van der Waals surface area contributed by atoms with E-state index in [1.807, 2.05) is 6.92 Å². The molecule has 1 unspecified atom stereocenters. The smallest absolute Gasteiger partial charge is 0.0641 e. The van der Waals surface area contributed by atoms with Crippen molar-refractivity contribution in [3.05, 3.63) is 29.3 Å². The molecule has 0 saturated heterocycles. The number of hydrogen-bond acceptors (Lipinski definition) is 3. The summed E-state index contributed by atoms with van der Waals surface area (Å²) < 4.78 is 5.60. The zero-order valence-corrected chi connectivity index (χ0v) is 12.2. The Bertz CT molecular complexity index is 404. The minimum Gasteiger partial charge on any atom is -0.380 e. The lowest BCUT2D eigenvalue weighted by Crippen LogP contribution is -2.32. The zero-order valence-electron chi connectivity index (χ0n) is 12.2. The Balaban J connectivity index is 2.02. The molecule has 0 aliphatic carbocycles. The van der Waals surface area contributed by atoms with Crippen molar-refractivity contribution in [1.29, 1.82) is 0 Å². The first-order chi connectivity index (χ1) is 9.22. The molecule has 0 radical (unpaired) electrons. The monoisotopic (exact) mass is 262 g/mol. The standard InChI is InChI=1S/C16H26N2O/c1-3-10-19-11-9-18-8-4-5-15-12-14(13(2)17)6-7-16(15)18/h6-7,12-13H,3-5,8-11,17H2,1-2H3. The predicted octanol–water partition coefficient (Wildman–Crippen LogP) is 2.89. The van der Waals surface area contributed by atoms with Gasteiger partial charge in [-0.2, -0.15) is 0 Å². The number of anilines is 1. The molecule has 3 heteroatoms. The van der Waals surface area contributed by atoms with Crippen LogP contribution in [0.2, 0.25) is 0 Å². The Morgan fingerprint density at radius 3 is 2.95 bits per heavy atom. The number of nitrogens with zero attached hydrogens (tertiary/aromatic N) is 1. The SMILES string of the molecule is CCCOCCN1CCCc2cc(C(C)N)ccc21. The summed E-state index contributed by atoms with van der Waals surface area (Å²) >= 11 is 0. The van der Waals surface area contributed by atoms with Crippen molar-refractivity contribution >= 4 is 5.69 Å². The fraction of sp³-hybridized carbons (Fsp3) is 0.625. The van der Waals surface area contributed by atoms with Gasteiger partial charge in [-0.1, -0.05) is 19.1 Å². The molecule has 2 N–H and O–H groups in total. The summed E-state index contributed by atoms with van der Waals surface area (Å²) in [4.78, 5) is 2.44. The molecule has 1 aromatic carbocycles. The van der Waals surface area contributed by atoms with E-state index in [1.165, 1.54) is 29.7 Å². The molecule has 3 nitrogen and oxygen atoms in total. The number of ether oxygens (including phenoxy) is 1. The van der Waals surface area contributed by atoms with Crippen molar-refractivity contribution in [3.8, 4) is 0 Å². The van der Waals surface area contributed by atoms with Gasteiger partial charge >= 0.3 is 0 Å². The van der Waals surface area contributed by atoms with Gasteiger partial charge in [0, 0.05) is 31.4 Å². The van der Waals surface area contributed by atoms with Crippen LogP contribution in [-0.2, 0) is 11.2 Å². The lowest BCUT2D eigenvalue weighted by molar-refractivity contribution is 0.140. The van der Waals surface area contributed by atoms with Crippen molar-refractivity contribution in [2.24, 2.45) is 5.73 Å². The molecule has 1 atom stereocenters. The maximum absolute atomic E-state index is 5.96. The minimum absolute atomic E-state index is 0.119. The summed E-state index contributed by atoms with van der Waals surface area (Å²) in [5.74, 6) is 0. The van der Waals surface area contributed by atoms with E-state index >= 15 is 0 Å². The summed E-state index contributed by atoms with van der Waals surface area (Å²) in [6.45, 7) is 8.00. The lowest BCUT2D eigenvalue weighted by Gasteiger charge is -2.31. The zero-order chi connectivity index (χ0) is 13.7. The fourth-order valence-electron chi connectivity index (χ4n) is 2.63. The molecule has 1 aromatic rings. The second-order valence-corrected chi connectivity index (χ2v) is 5.38. The largest absolute Gasteiger partial charge is 0.380 e. The van der Waals surface area contributed by atoms with Gasteiger partial charge in [0.05, 0.1) is 6.61 Å². The van der Waals surface area contributed by atoms with Gasteiger partial charge in [0.15, 0.2) is 0 Å². The van der Waals surface area contributed by atoms with Crippen LogP contribution in [-0.4, -0.2) is 26.3 Å². The molecule has 0 amide bonds. The van der Waals surface area contributed by atoms with Gasteiger partial charge in [-0.3, -0.25) is 0 Å². The first kappa shape index (κ1) is 14.4. The average molecular weight is 262 g/mol. The normalized spacial score (nSPS) is 16.3. The van der Waals surface area contributed by atoms with Crippen LogP contribution in [0.15, 0.2) is 18.2 Å². The molecule has 1 heterocycles. The molecule has 0 saturated carbocycles. The van der Waals surface area contributed by atoms with Crippen LogP contribution in [0.5, 0.6) is 0 Å². The Hall–Kier alpha value is -1.06. The predicted molar refractivity (Wildman–Crippen MR) is 80.7 cm³/mol. The third-order valence-electron chi connectivity index (χ3n) is 3.70. The van der Waals surface area contributed by atoms with E-state index in [1.54, 1.807) is 0 Å². The highest BCUT2D eigenvalue weighted by Gasteiger charge is 2.17. The average Bonchev–Trinajstić information content (AvgIpc) is 2.43. The lowest BCUT2D eigenvalue weighted by atomic mass is 9.97. The van der Waals surface area contributed by atoms with Crippen molar-refractivity contribution in [3.63, 3.8) is 0 Å². The van der Waals surface area contributed by atoms with Crippen molar-refractivity contribution < 1.29 is 4.74 Å². The Morgan fingerprint density at radius 1 is 1.37 bits per heavy atom. The van der Waals surface area contributed by atoms with Gasteiger partial charge in [-0.25, -0.2) is 0 Å². The molecule has 2 rings (SSSR count). The van der Waals surface area contributed by atoms with Gasteiger partial charge in [0.1, 0.15) is 0 Å². The first-order valence-electron chi connectivity index (χ1n) is 7.43. The summed E-state index contributed by atoms with van der Waals surface area (Å²) in [7, 11) is 0. The van der Waals surface area contributed by atoms with Gasteiger partial charge in [-0.15, -0.1) is 0 Å². The number of hydrogen-bond donors (Lipinski definition) is 1. The van der Waals surface area contributed by atoms with Gasteiger partial charge in [-0.05, 0) is 43.4 Å². The number of rotatable bonds is 6. The topological polar surface area (TPSA) is 38.5 Å². The highest BCUT2D eigenvalue weighted by atomic mass is 16.5. The van der Waals surface area contributed by atoms with Crippen LogP contribution in [0.4, 0.5) is 5.69 Å². The highest BCUT2D eigenvalue weighted by molar-refractivity contribution is 5.57. The molecular weight excluding hydrogens is 236 g/mol. The third-order valence-corrected chi connectivity index (χ3v) is 3.70. The van der Waals surface area contributed by atoms with Crippen LogP contribution in [0.25, 0.3) is 0 Å². The summed E-state index contributed by atoms with van der Waals surface area (Å²) in [5, 5.41) is 0. The Labute approximate surface area is 116 Å². The Morgan fingerprint density at radius 2 is 2.21 bits per heavy atom. The van der Waals surface area contributed by atoms with Gasteiger partial charge < -0.3 is 15.4 Å². The molecule has 0 fully saturated rings. The molecule has 1 aliphatic heterocycles. The molecular formula is C16H26N2O. The molecule has 1 aliphatic rings. The highest BCUT2D eigenvalue weighted by Crippen LogP contribution is 2.29. The maximum Gasteiger partial charge on any atom is 0.0641 e. The molecule has 106 valence electrons. The van der Waals surface area contributed by atoms with Crippen molar-refractivity contribution in [2.45, 2.75) is 39.2 Å². The maximum atomic E-state index is 5.96. The summed E-state index contributed by atoms with van der Waals surface area (Å²) in [6, 6.07) is 6.79. The minimum atomic E-state index is 0.119. The van der Waals surface area contributed by atoms with E-state index in [0.717, 1.165) is 32.7 Å². The van der Waals surface area contributed by atoms with E-state index in [0.29, 0.717) is 0 Å². The second kappa shape index (κ2) is 6.92. The van der Waals surface area contributed by atoms with Crippen LogP contribution in [0.3, 0.4) is 0 Å². The van der Waals surface area contributed by atoms with Gasteiger partial charge in [0.2, 0.25) is 0 Å². The molecule has 0 aromatic heterocycles. The van der Waals surface area contributed by atoms with Crippen LogP contribution in [0, 0.1) is 0 Å². The number of benzene rings is 1. The van der Waals surface area contributed by atoms with Crippen molar-refractivity contribution in [1.82, 2.24) is 0 Å². The van der Waals surface area contributed by atoms with Crippen LogP contribution in [0.1, 0.15) is 43.9 Å². The third kappa shape index (κ3) is 3.71. The quantitative estimate of drug-likeness (QED) is 0.801. The molecule has 19 heavy (non-hydrogen) atoms. The summed E-state index contributed by atoms with van der Waals surface area (Å²) in [5.41, 5.74) is 10.0. The van der Waals surface area contributed by atoms with E-state index in [-0.39, 0.29) is 6.04 Å². The van der Waals surface area contributed by atoms with Crippen LogP contribution >= 0.6 is 0 Å². The molecule has 0 bridgehead atoms. The number of fused-ring (bicyclic) bond motifs is 1. The van der Waals surface area contributed by atoms with E-state index in [9.17, 15) is 0 Å². The Kier molecular flexibility index (Phi) is 5.23.